The van der Waals surface area contributed by atoms with Gasteiger partial charge in [-0.15, -0.1) is 11.8 Å². The molecule has 14 heavy (non-hydrogen) atoms. The van der Waals surface area contributed by atoms with Gasteiger partial charge in [0.2, 0.25) is 0 Å². The van der Waals surface area contributed by atoms with E-state index in [0.29, 0.717) is 4.24 Å². The summed E-state index contributed by atoms with van der Waals surface area (Å²) < 4.78 is 22.9. The molecule has 4 heteroatoms. The normalized spacial score (nSPS) is 12.9. The smallest absolute Gasteiger partial charge is 0.181 e. The first-order valence-electron chi connectivity index (χ1n) is 4.05. The summed E-state index contributed by atoms with van der Waals surface area (Å²) in [7, 11) is -3.09. The van der Waals surface area contributed by atoms with E-state index in [1.807, 2.05) is 30.3 Å². The number of thioether (sulfide) groups is 1. The first-order chi connectivity index (χ1) is 6.54. The van der Waals surface area contributed by atoms with Gasteiger partial charge in [-0.05, 0) is 17.9 Å². The van der Waals surface area contributed by atoms with Crippen molar-refractivity contribution in [2.75, 3.05) is 12.5 Å². The summed E-state index contributed by atoms with van der Waals surface area (Å²) in [5.74, 6) is 0. The lowest BCUT2D eigenvalue weighted by molar-refractivity contribution is 0.609. The van der Waals surface area contributed by atoms with Crippen molar-refractivity contribution in [2.24, 2.45) is 0 Å². The van der Waals surface area contributed by atoms with Gasteiger partial charge in [-0.1, -0.05) is 30.3 Å². The fourth-order valence-electron chi connectivity index (χ4n) is 1.00. The first-order valence-corrected chi connectivity index (χ1v) is 7.16. The van der Waals surface area contributed by atoms with Crippen LogP contribution in [0.25, 0.3) is 6.08 Å². The Hall–Kier alpha value is -0.740. The van der Waals surface area contributed by atoms with E-state index in [0.717, 1.165) is 5.56 Å². The molecule has 0 aromatic heterocycles. The maximum atomic E-state index is 11.3. The molecule has 0 aliphatic rings. The second kappa shape index (κ2) is 4.66. The van der Waals surface area contributed by atoms with E-state index in [-0.39, 0.29) is 0 Å². The van der Waals surface area contributed by atoms with Crippen molar-refractivity contribution in [1.82, 2.24) is 0 Å². The fraction of sp³-hybridized carbons (Fsp3) is 0.200. The number of hydrogen-bond donors (Lipinski definition) is 0. The summed E-state index contributed by atoms with van der Waals surface area (Å²) in [6, 6.07) is 9.41. The highest BCUT2D eigenvalue weighted by atomic mass is 32.3. The predicted molar refractivity (Wildman–Crippen MR) is 62.8 cm³/mol. The Morgan fingerprint density at radius 2 is 1.86 bits per heavy atom. The van der Waals surface area contributed by atoms with Crippen LogP contribution >= 0.6 is 11.8 Å². The lowest BCUT2D eigenvalue weighted by atomic mass is 10.2. The second-order valence-electron chi connectivity index (χ2n) is 2.85. The van der Waals surface area contributed by atoms with Crippen LogP contribution < -0.4 is 0 Å². The average molecular weight is 228 g/mol. The Labute approximate surface area is 89.0 Å². The highest BCUT2D eigenvalue weighted by Gasteiger charge is 2.09. The van der Waals surface area contributed by atoms with Crippen molar-refractivity contribution in [3.63, 3.8) is 0 Å². The Balaban J connectivity index is 3.09. The number of benzene rings is 1. The maximum absolute atomic E-state index is 11.3. The molecular formula is C10H12O2S2. The van der Waals surface area contributed by atoms with Crippen molar-refractivity contribution in [2.45, 2.75) is 0 Å². The summed E-state index contributed by atoms with van der Waals surface area (Å²) >= 11 is 1.24. The summed E-state index contributed by atoms with van der Waals surface area (Å²) in [5.41, 5.74) is 0.905. The van der Waals surface area contributed by atoms with E-state index in [1.54, 1.807) is 12.3 Å². The zero-order valence-corrected chi connectivity index (χ0v) is 9.73. The summed E-state index contributed by atoms with van der Waals surface area (Å²) in [6.45, 7) is 0. The van der Waals surface area contributed by atoms with E-state index >= 15 is 0 Å². The minimum atomic E-state index is -3.09. The quantitative estimate of drug-likeness (QED) is 0.796. The van der Waals surface area contributed by atoms with Gasteiger partial charge in [0.1, 0.15) is 0 Å². The van der Waals surface area contributed by atoms with Gasteiger partial charge in [0.25, 0.3) is 0 Å². The molecule has 2 nitrogen and oxygen atoms in total. The zero-order chi connectivity index (χ0) is 10.6. The predicted octanol–water partition coefficient (Wildman–Crippen LogP) is 2.39. The third-order valence-electron chi connectivity index (χ3n) is 1.65. The molecule has 76 valence electrons. The van der Waals surface area contributed by atoms with Gasteiger partial charge >= 0.3 is 0 Å². The Kier molecular flexibility index (Phi) is 3.77. The molecule has 1 rings (SSSR count). The van der Waals surface area contributed by atoms with Gasteiger partial charge in [-0.25, -0.2) is 8.42 Å². The second-order valence-corrected chi connectivity index (χ2v) is 5.94. The van der Waals surface area contributed by atoms with Crippen LogP contribution in [0, 0.1) is 0 Å². The molecule has 0 atom stereocenters. The summed E-state index contributed by atoms with van der Waals surface area (Å²) in [5, 5.41) is 0. The average Bonchev–Trinajstić information content (AvgIpc) is 2.14. The van der Waals surface area contributed by atoms with Crippen molar-refractivity contribution in [3.8, 4) is 0 Å². The van der Waals surface area contributed by atoms with Crippen molar-refractivity contribution < 1.29 is 8.42 Å². The standard InChI is InChI=1S/C10H12O2S2/c1-13-10(14(2,11)12)8-9-6-4-3-5-7-9/h3-8H,1-2H3/b10-8-. The van der Waals surface area contributed by atoms with Gasteiger partial charge in [-0.2, -0.15) is 0 Å². The van der Waals surface area contributed by atoms with Crippen LogP contribution in [0.5, 0.6) is 0 Å². The molecule has 0 spiro atoms. The highest BCUT2D eigenvalue weighted by Crippen LogP contribution is 2.21. The lowest BCUT2D eigenvalue weighted by Gasteiger charge is -2.00. The largest absolute Gasteiger partial charge is 0.223 e. The zero-order valence-electron chi connectivity index (χ0n) is 8.10. The molecule has 0 aliphatic heterocycles. The Morgan fingerprint density at radius 1 is 1.29 bits per heavy atom. The molecule has 1 aromatic rings. The van der Waals surface area contributed by atoms with E-state index in [2.05, 4.69) is 0 Å². The Bertz CT molecular complexity index is 419. The van der Waals surface area contributed by atoms with Crippen molar-refractivity contribution in [1.29, 1.82) is 0 Å². The van der Waals surface area contributed by atoms with Crippen LogP contribution in [0.2, 0.25) is 0 Å². The Morgan fingerprint density at radius 3 is 2.29 bits per heavy atom. The topological polar surface area (TPSA) is 34.1 Å². The molecule has 0 heterocycles. The molecule has 0 amide bonds. The van der Waals surface area contributed by atoms with Gasteiger partial charge < -0.3 is 0 Å². The monoisotopic (exact) mass is 228 g/mol. The number of rotatable bonds is 3. The molecule has 0 radical (unpaired) electrons. The first kappa shape index (κ1) is 11.3. The fourth-order valence-corrected chi connectivity index (χ4v) is 2.82. The van der Waals surface area contributed by atoms with Gasteiger partial charge in [0.05, 0.1) is 4.24 Å². The van der Waals surface area contributed by atoms with Crippen molar-refractivity contribution >= 4 is 27.7 Å². The number of hydrogen-bond acceptors (Lipinski definition) is 3. The van der Waals surface area contributed by atoms with E-state index in [9.17, 15) is 8.42 Å². The molecule has 0 saturated heterocycles. The lowest BCUT2D eigenvalue weighted by Crippen LogP contribution is -1.96. The number of sulfone groups is 1. The van der Waals surface area contributed by atoms with E-state index in [1.165, 1.54) is 18.0 Å². The van der Waals surface area contributed by atoms with Crippen LogP contribution in [0.1, 0.15) is 5.56 Å². The molecule has 1 aromatic carbocycles. The minimum absolute atomic E-state index is 0.392. The van der Waals surface area contributed by atoms with Gasteiger partial charge in [0.15, 0.2) is 9.84 Å². The molecule has 0 aliphatic carbocycles. The summed E-state index contributed by atoms with van der Waals surface area (Å²) in [4.78, 5) is 0. The van der Waals surface area contributed by atoms with Crippen molar-refractivity contribution in [3.05, 3.63) is 40.1 Å². The molecule has 0 unspecified atom stereocenters. The van der Waals surface area contributed by atoms with Crippen LogP contribution in [-0.4, -0.2) is 20.9 Å². The third kappa shape index (κ3) is 3.20. The molecule has 0 fully saturated rings. The molecular weight excluding hydrogens is 216 g/mol. The minimum Gasteiger partial charge on any atom is -0.223 e. The molecule has 0 N–H and O–H groups in total. The third-order valence-corrected chi connectivity index (χ3v) is 4.43. The van der Waals surface area contributed by atoms with Crippen LogP contribution in [0.3, 0.4) is 0 Å². The van der Waals surface area contributed by atoms with Crippen LogP contribution in [0.4, 0.5) is 0 Å². The van der Waals surface area contributed by atoms with Gasteiger partial charge in [-0.3, -0.25) is 0 Å². The summed E-state index contributed by atoms with van der Waals surface area (Å²) in [6.07, 6.45) is 4.66. The van der Waals surface area contributed by atoms with Crippen LogP contribution in [0.15, 0.2) is 34.6 Å². The van der Waals surface area contributed by atoms with Crippen LogP contribution in [-0.2, 0) is 9.84 Å². The van der Waals surface area contributed by atoms with E-state index in [4.69, 9.17) is 0 Å². The van der Waals surface area contributed by atoms with E-state index < -0.39 is 9.84 Å². The maximum Gasteiger partial charge on any atom is 0.181 e. The molecule has 0 bridgehead atoms. The SMILES string of the molecule is CS/C(=C/c1ccccc1)S(C)(=O)=O. The highest BCUT2D eigenvalue weighted by molar-refractivity contribution is 8.18. The molecule has 0 saturated carbocycles. The van der Waals surface area contributed by atoms with Gasteiger partial charge in [0, 0.05) is 6.26 Å².